The summed E-state index contributed by atoms with van der Waals surface area (Å²) in [6, 6.07) is 0. The quantitative estimate of drug-likeness (QED) is 0.415. The zero-order valence-corrected chi connectivity index (χ0v) is 10.6. The van der Waals surface area contributed by atoms with E-state index in [0.29, 0.717) is 0 Å². The lowest BCUT2D eigenvalue weighted by molar-refractivity contribution is 0.435. The van der Waals surface area contributed by atoms with Gasteiger partial charge in [-0.3, -0.25) is 0 Å². The van der Waals surface area contributed by atoms with Gasteiger partial charge in [0.15, 0.2) is 0 Å². The van der Waals surface area contributed by atoms with Crippen LogP contribution >= 0.6 is 0 Å². The monoisotopic (exact) mass is 189 g/mol. The van der Waals surface area contributed by atoms with Gasteiger partial charge in [0.05, 0.1) is 5.29 Å². The molecule has 0 bridgehead atoms. The summed E-state index contributed by atoms with van der Waals surface area (Å²) in [5.41, 5.74) is 0.237. The highest BCUT2D eigenvalue weighted by Gasteiger charge is 2.22. The van der Waals surface area contributed by atoms with Crippen molar-refractivity contribution in [1.29, 1.82) is 0 Å². The summed E-state index contributed by atoms with van der Waals surface area (Å²) >= 11 is 0. The maximum absolute atomic E-state index is 3.58. The van der Waals surface area contributed by atoms with E-state index in [9.17, 15) is 0 Å². The van der Waals surface area contributed by atoms with E-state index >= 15 is 0 Å². The molecule has 0 spiro atoms. The Morgan fingerprint density at radius 2 is 1.33 bits per heavy atom. The molecule has 0 atom stereocenters. The SMILES string of the molecule is CNC(C)(NC)[SiH2]NC(C)(C)C. The van der Waals surface area contributed by atoms with Crippen molar-refractivity contribution in [3.63, 3.8) is 0 Å². The Morgan fingerprint density at radius 1 is 0.917 bits per heavy atom. The fourth-order valence-corrected chi connectivity index (χ4v) is 1.98. The Balaban J connectivity index is 3.89. The van der Waals surface area contributed by atoms with E-state index in [1.54, 1.807) is 0 Å². The fraction of sp³-hybridized carbons (Fsp3) is 1.00. The van der Waals surface area contributed by atoms with Crippen LogP contribution in [-0.2, 0) is 0 Å². The third kappa shape index (κ3) is 4.87. The normalized spacial score (nSPS) is 14.5. The first-order valence-corrected chi connectivity index (χ1v) is 5.87. The maximum Gasteiger partial charge on any atom is 0.131 e. The van der Waals surface area contributed by atoms with Crippen molar-refractivity contribution in [2.75, 3.05) is 14.1 Å². The average Bonchev–Trinajstić information content (AvgIpc) is 1.99. The van der Waals surface area contributed by atoms with Crippen LogP contribution < -0.4 is 15.6 Å². The fourth-order valence-electron chi connectivity index (χ4n) is 0.744. The molecule has 74 valence electrons. The first-order valence-electron chi connectivity index (χ1n) is 4.46. The van der Waals surface area contributed by atoms with E-state index < -0.39 is 0 Å². The molecule has 0 amide bonds. The smallest absolute Gasteiger partial charge is 0.131 e. The summed E-state index contributed by atoms with van der Waals surface area (Å²) in [4.78, 5) is 3.58. The van der Waals surface area contributed by atoms with Gasteiger partial charge in [0.25, 0.3) is 0 Å². The lowest BCUT2D eigenvalue weighted by Crippen LogP contribution is -2.62. The largest absolute Gasteiger partial charge is 0.335 e. The van der Waals surface area contributed by atoms with Gasteiger partial charge >= 0.3 is 0 Å². The highest BCUT2D eigenvalue weighted by molar-refractivity contribution is 6.37. The first kappa shape index (κ1) is 12.1. The lowest BCUT2D eigenvalue weighted by Gasteiger charge is -2.32. The Bertz CT molecular complexity index is 127. The predicted octanol–water partition coefficient (Wildman–Crippen LogP) is -0.429. The standard InChI is InChI=1S/C8H23N3Si/c1-7(2,3)11-12-8(4,9-5)10-6/h9-11H,12H2,1-6H3. The molecule has 4 heteroatoms. The van der Waals surface area contributed by atoms with Crippen molar-refractivity contribution < 1.29 is 0 Å². The van der Waals surface area contributed by atoms with E-state index in [4.69, 9.17) is 0 Å². The summed E-state index contributed by atoms with van der Waals surface area (Å²) in [6.45, 7) is 8.79. The van der Waals surface area contributed by atoms with Gasteiger partial charge in [0.2, 0.25) is 0 Å². The van der Waals surface area contributed by atoms with E-state index in [-0.39, 0.29) is 20.5 Å². The van der Waals surface area contributed by atoms with Crippen molar-refractivity contribution in [1.82, 2.24) is 15.6 Å². The van der Waals surface area contributed by atoms with Gasteiger partial charge in [-0.1, -0.05) is 0 Å². The maximum atomic E-state index is 3.58. The van der Waals surface area contributed by atoms with Crippen LogP contribution in [0.25, 0.3) is 0 Å². The van der Waals surface area contributed by atoms with Crippen molar-refractivity contribution in [2.24, 2.45) is 0 Å². The van der Waals surface area contributed by atoms with Crippen LogP contribution in [-0.4, -0.2) is 34.6 Å². The Kier molecular flexibility index (Phi) is 4.40. The predicted molar refractivity (Wildman–Crippen MR) is 58.0 cm³/mol. The zero-order chi connectivity index (χ0) is 9.83. The van der Waals surface area contributed by atoms with Crippen LogP contribution in [0, 0.1) is 0 Å². The molecule has 0 aliphatic carbocycles. The van der Waals surface area contributed by atoms with Gasteiger partial charge in [-0.25, -0.2) is 0 Å². The molecule has 3 nitrogen and oxygen atoms in total. The molecule has 3 N–H and O–H groups in total. The number of hydrogen-bond donors (Lipinski definition) is 3. The number of hydrogen-bond acceptors (Lipinski definition) is 3. The summed E-state index contributed by atoms with van der Waals surface area (Å²) in [6.07, 6.45) is 0. The molecular formula is C8H23N3Si. The van der Waals surface area contributed by atoms with Gasteiger partial charge in [-0.2, -0.15) is 0 Å². The van der Waals surface area contributed by atoms with Crippen LogP contribution in [0.4, 0.5) is 0 Å². The van der Waals surface area contributed by atoms with Gasteiger partial charge in [0.1, 0.15) is 9.68 Å². The molecule has 0 fully saturated rings. The van der Waals surface area contributed by atoms with Gasteiger partial charge < -0.3 is 15.6 Å². The van der Waals surface area contributed by atoms with E-state index in [2.05, 4.69) is 43.3 Å². The Hall–Kier alpha value is 0.0969. The summed E-state index contributed by atoms with van der Waals surface area (Å²) < 4.78 is 0. The van der Waals surface area contributed by atoms with Crippen LogP contribution in [0.15, 0.2) is 0 Å². The van der Waals surface area contributed by atoms with E-state index in [0.717, 1.165) is 0 Å². The van der Waals surface area contributed by atoms with Crippen LogP contribution in [0.3, 0.4) is 0 Å². The second-order valence-electron chi connectivity index (χ2n) is 4.44. The van der Waals surface area contributed by atoms with E-state index in [1.165, 1.54) is 0 Å². The molecule has 0 saturated heterocycles. The van der Waals surface area contributed by atoms with Crippen molar-refractivity contribution in [3.8, 4) is 0 Å². The summed E-state index contributed by atoms with van der Waals surface area (Å²) in [5, 5.41) is 6.70. The third-order valence-corrected chi connectivity index (χ3v) is 4.73. The third-order valence-electron chi connectivity index (χ3n) is 2.08. The average molecular weight is 189 g/mol. The van der Waals surface area contributed by atoms with Crippen LogP contribution in [0.1, 0.15) is 27.7 Å². The molecule has 0 radical (unpaired) electrons. The highest BCUT2D eigenvalue weighted by atomic mass is 28.2. The van der Waals surface area contributed by atoms with Crippen LogP contribution in [0.5, 0.6) is 0 Å². The van der Waals surface area contributed by atoms with Gasteiger partial charge in [-0.05, 0) is 41.8 Å². The minimum atomic E-state index is -0.348. The topological polar surface area (TPSA) is 36.1 Å². The van der Waals surface area contributed by atoms with Gasteiger partial charge in [0, 0.05) is 5.54 Å². The number of nitrogens with one attached hydrogen (secondary N) is 3. The van der Waals surface area contributed by atoms with Crippen LogP contribution in [0.2, 0.25) is 0 Å². The molecule has 0 rings (SSSR count). The second-order valence-corrected chi connectivity index (χ2v) is 6.56. The molecule has 0 saturated carbocycles. The summed E-state index contributed by atoms with van der Waals surface area (Å²) in [5.74, 6) is 0. The molecular weight excluding hydrogens is 166 g/mol. The number of rotatable bonds is 4. The Labute approximate surface area is 78.6 Å². The first-order chi connectivity index (χ1) is 5.33. The Morgan fingerprint density at radius 3 is 1.58 bits per heavy atom. The minimum Gasteiger partial charge on any atom is -0.335 e. The highest BCUT2D eigenvalue weighted by Crippen LogP contribution is 2.00. The molecule has 0 unspecified atom stereocenters. The molecule has 12 heavy (non-hydrogen) atoms. The lowest BCUT2D eigenvalue weighted by atomic mass is 10.1. The summed E-state index contributed by atoms with van der Waals surface area (Å²) in [7, 11) is 3.64. The van der Waals surface area contributed by atoms with Gasteiger partial charge in [-0.15, -0.1) is 0 Å². The molecule has 0 heterocycles. The van der Waals surface area contributed by atoms with Crippen molar-refractivity contribution in [2.45, 2.75) is 38.5 Å². The molecule has 0 aromatic rings. The zero-order valence-electron chi connectivity index (χ0n) is 9.21. The molecule has 0 aromatic carbocycles. The van der Waals surface area contributed by atoms with Crippen molar-refractivity contribution >= 4 is 9.68 Å². The molecule has 0 aliphatic heterocycles. The van der Waals surface area contributed by atoms with E-state index in [1.807, 2.05) is 14.1 Å². The van der Waals surface area contributed by atoms with Crippen molar-refractivity contribution in [3.05, 3.63) is 0 Å². The minimum absolute atomic E-state index is 0.118. The molecule has 0 aromatic heterocycles. The molecule has 0 aliphatic rings. The second kappa shape index (κ2) is 4.37.